The number of nitrogens with one attached hydrogen (secondary N) is 1. The maximum absolute atomic E-state index is 8.72. The summed E-state index contributed by atoms with van der Waals surface area (Å²) in [5.74, 6) is 0.850. The number of aliphatic hydroxyl groups excluding tert-OH is 1. The van der Waals surface area contributed by atoms with Crippen molar-refractivity contribution in [3.8, 4) is 11.4 Å². The van der Waals surface area contributed by atoms with Gasteiger partial charge in [0.15, 0.2) is 5.82 Å². The van der Waals surface area contributed by atoms with Gasteiger partial charge in [-0.1, -0.05) is 30.3 Å². The van der Waals surface area contributed by atoms with Crippen LogP contribution >= 0.6 is 0 Å². The van der Waals surface area contributed by atoms with E-state index in [0.717, 1.165) is 5.56 Å². The van der Waals surface area contributed by atoms with Crippen LogP contribution in [0.2, 0.25) is 0 Å². The van der Waals surface area contributed by atoms with Crippen LogP contribution in [0.3, 0.4) is 0 Å². The van der Waals surface area contributed by atoms with Gasteiger partial charge in [0.2, 0.25) is 11.9 Å². The average molecular weight is 217 g/mol. The van der Waals surface area contributed by atoms with E-state index in [-0.39, 0.29) is 18.6 Å². The van der Waals surface area contributed by atoms with E-state index in [1.807, 2.05) is 30.3 Å². The van der Waals surface area contributed by atoms with Crippen LogP contribution in [0.5, 0.6) is 0 Å². The third-order valence-electron chi connectivity index (χ3n) is 1.92. The molecule has 0 spiro atoms. The lowest BCUT2D eigenvalue weighted by atomic mass is 10.2. The highest BCUT2D eigenvalue weighted by Crippen LogP contribution is 2.15. The lowest BCUT2D eigenvalue weighted by Crippen LogP contribution is -2.08. The maximum Gasteiger partial charge on any atom is 0.229 e. The normalized spacial score (nSPS) is 10.1. The summed E-state index contributed by atoms with van der Waals surface area (Å²) in [5, 5.41) is 11.3. The van der Waals surface area contributed by atoms with Crippen LogP contribution in [0.1, 0.15) is 0 Å². The zero-order valence-electron chi connectivity index (χ0n) is 8.46. The van der Waals surface area contributed by atoms with Crippen LogP contribution in [-0.4, -0.2) is 26.8 Å². The Labute approximate surface area is 92.2 Å². The molecule has 2 rings (SSSR count). The number of benzene rings is 1. The smallest absolute Gasteiger partial charge is 0.229 e. The Hall–Kier alpha value is -2.21. The molecule has 1 aromatic carbocycles. The first-order valence-corrected chi connectivity index (χ1v) is 4.71. The van der Waals surface area contributed by atoms with Gasteiger partial charge in [-0.2, -0.15) is 15.0 Å². The van der Waals surface area contributed by atoms with Gasteiger partial charge in [0, 0.05) is 5.56 Å². The fraction of sp³-hybridized carbons (Fsp3) is 0.100. The fourth-order valence-electron chi connectivity index (χ4n) is 1.26. The van der Waals surface area contributed by atoms with Crippen LogP contribution in [0, 0.1) is 0 Å². The predicted molar refractivity (Wildman–Crippen MR) is 60.4 cm³/mol. The quantitative estimate of drug-likeness (QED) is 0.647. The zero-order valence-corrected chi connectivity index (χ0v) is 8.46. The highest BCUT2D eigenvalue weighted by atomic mass is 16.3. The molecule has 2 aromatic rings. The summed E-state index contributed by atoms with van der Waals surface area (Å²) in [7, 11) is 0. The Kier molecular flexibility index (Phi) is 2.93. The summed E-state index contributed by atoms with van der Waals surface area (Å²) in [5.41, 5.74) is 6.39. The first-order chi connectivity index (χ1) is 7.79. The van der Waals surface area contributed by atoms with E-state index in [9.17, 15) is 0 Å². The summed E-state index contributed by atoms with van der Waals surface area (Å²) in [4.78, 5) is 12.0. The number of hydrogen-bond donors (Lipinski definition) is 3. The molecule has 82 valence electrons. The molecule has 0 fully saturated rings. The molecule has 0 saturated heterocycles. The average Bonchev–Trinajstić information content (AvgIpc) is 2.30. The summed E-state index contributed by atoms with van der Waals surface area (Å²) < 4.78 is 0. The van der Waals surface area contributed by atoms with Crippen molar-refractivity contribution >= 4 is 11.9 Å². The molecule has 16 heavy (non-hydrogen) atoms. The molecule has 1 aromatic heterocycles. The number of nitrogens with two attached hydrogens (primary N) is 1. The molecular formula is C10H11N5O. The van der Waals surface area contributed by atoms with Crippen LogP contribution in [0.15, 0.2) is 30.3 Å². The van der Waals surface area contributed by atoms with Gasteiger partial charge in [0.25, 0.3) is 0 Å². The van der Waals surface area contributed by atoms with Gasteiger partial charge in [-0.25, -0.2) is 0 Å². The first-order valence-electron chi connectivity index (χ1n) is 4.71. The number of nitrogen functional groups attached to an aromatic ring is 1. The van der Waals surface area contributed by atoms with Crippen molar-refractivity contribution in [1.82, 2.24) is 15.0 Å². The van der Waals surface area contributed by atoms with E-state index in [1.165, 1.54) is 0 Å². The Morgan fingerprint density at radius 2 is 1.88 bits per heavy atom. The van der Waals surface area contributed by atoms with Crippen molar-refractivity contribution in [3.05, 3.63) is 30.3 Å². The Bertz CT molecular complexity index is 474. The highest BCUT2D eigenvalue weighted by molar-refractivity contribution is 5.57. The second kappa shape index (κ2) is 4.54. The molecular weight excluding hydrogens is 206 g/mol. The van der Waals surface area contributed by atoms with E-state index in [1.54, 1.807) is 0 Å². The monoisotopic (exact) mass is 217 g/mol. The van der Waals surface area contributed by atoms with E-state index < -0.39 is 0 Å². The topological polar surface area (TPSA) is 97.0 Å². The highest BCUT2D eigenvalue weighted by Gasteiger charge is 2.05. The lowest BCUT2D eigenvalue weighted by molar-refractivity contribution is 0.324. The summed E-state index contributed by atoms with van der Waals surface area (Å²) in [6.07, 6.45) is 0. The van der Waals surface area contributed by atoms with Gasteiger partial charge in [0.1, 0.15) is 6.73 Å². The lowest BCUT2D eigenvalue weighted by Gasteiger charge is -2.04. The Morgan fingerprint density at radius 3 is 2.56 bits per heavy atom. The van der Waals surface area contributed by atoms with Crippen molar-refractivity contribution in [3.63, 3.8) is 0 Å². The molecule has 0 aliphatic carbocycles. The third-order valence-corrected chi connectivity index (χ3v) is 1.92. The summed E-state index contributed by atoms with van der Waals surface area (Å²) in [6, 6.07) is 9.42. The second-order valence-electron chi connectivity index (χ2n) is 3.04. The minimum atomic E-state index is -0.252. The molecule has 0 unspecified atom stereocenters. The molecule has 6 nitrogen and oxygen atoms in total. The van der Waals surface area contributed by atoms with Gasteiger partial charge < -0.3 is 16.2 Å². The van der Waals surface area contributed by atoms with E-state index in [0.29, 0.717) is 5.82 Å². The van der Waals surface area contributed by atoms with Gasteiger partial charge in [-0.05, 0) is 0 Å². The molecule has 4 N–H and O–H groups in total. The van der Waals surface area contributed by atoms with Crippen molar-refractivity contribution in [2.75, 3.05) is 17.8 Å². The molecule has 0 atom stereocenters. The van der Waals surface area contributed by atoms with Gasteiger partial charge >= 0.3 is 0 Å². The maximum atomic E-state index is 8.72. The minimum Gasteiger partial charge on any atom is -0.376 e. The van der Waals surface area contributed by atoms with Crippen molar-refractivity contribution in [2.45, 2.75) is 0 Å². The van der Waals surface area contributed by atoms with Gasteiger partial charge in [-0.15, -0.1) is 0 Å². The third kappa shape index (κ3) is 2.23. The molecule has 1 heterocycles. The molecule has 0 saturated carbocycles. The fourth-order valence-corrected chi connectivity index (χ4v) is 1.26. The number of hydrogen-bond acceptors (Lipinski definition) is 6. The van der Waals surface area contributed by atoms with E-state index >= 15 is 0 Å². The second-order valence-corrected chi connectivity index (χ2v) is 3.04. The Morgan fingerprint density at radius 1 is 1.12 bits per heavy atom. The predicted octanol–water partition coefficient (Wildman–Crippen LogP) is 0.483. The number of rotatable bonds is 3. The minimum absolute atomic E-state index is 0.116. The number of aromatic nitrogens is 3. The number of nitrogens with zero attached hydrogens (tertiary/aromatic N) is 3. The van der Waals surface area contributed by atoms with Crippen LogP contribution in [0.4, 0.5) is 11.9 Å². The number of aliphatic hydroxyl groups is 1. The molecule has 6 heteroatoms. The molecule has 0 aliphatic rings. The molecule has 0 bridgehead atoms. The standard InChI is InChI=1S/C10H11N5O/c11-9-13-8(7-4-2-1-3-5-7)14-10(15-9)12-6-16/h1-5,16H,6H2,(H3,11,12,13,14,15). The van der Waals surface area contributed by atoms with Crippen molar-refractivity contribution < 1.29 is 5.11 Å². The molecule has 0 amide bonds. The Balaban J connectivity index is 2.41. The van der Waals surface area contributed by atoms with E-state index in [2.05, 4.69) is 20.3 Å². The summed E-state index contributed by atoms with van der Waals surface area (Å²) in [6.45, 7) is -0.252. The first kappa shape index (κ1) is 10.3. The number of anilines is 2. The SMILES string of the molecule is Nc1nc(NCO)nc(-c2ccccc2)n1. The van der Waals surface area contributed by atoms with Gasteiger partial charge in [0.05, 0.1) is 0 Å². The van der Waals surface area contributed by atoms with Crippen molar-refractivity contribution in [1.29, 1.82) is 0 Å². The van der Waals surface area contributed by atoms with Crippen LogP contribution in [0.25, 0.3) is 11.4 Å². The molecule has 0 radical (unpaired) electrons. The van der Waals surface area contributed by atoms with Crippen LogP contribution < -0.4 is 11.1 Å². The van der Waals surface area contributed by atoms with Crippen molar-refractivity contribution in [2.24, 2.45) is 0 Å². The van der Waals surface area contributed by atoms with Crippen LogP contribution in [-0.2, 0) is 0 Å². The largest absolute Gasteiger partial charge is 0.376 e. The summed E-state index contributed by atoms with van der Waals surface area (Å²) >= 11 is 0. The van der Waals surface area contributed by atoms with E-state index in [4.69, 9.17) is 10.8 Å². The van der Waals surface area contributed by atoms with Gasteiger partial charge in [-0.3, -0.25) is 0 Å². The molecule has 0 aliphatic heterocycles. The zero-order chi connectivity index (χ0) is 11.4.